The SMILES string of the molecule is COc1cc(CC[N+](=O)[O-])c(C)cc1CC1=CSC(c2ccc3c(c2)CCCCC3)=CC1C. The molecule has 0 radical (unpaired) electrons. The van der Waals surface area contributed by atoms with E-state index in [2.05, 4.69) is 42.7 Å². The van der Waals surface area contributed by atoms with Gasteiger partial charge >= 0.3 is 0 Å². The Morgan fingerprint density at radius 3 is 2.61 bits per heavy atom. The number of benzene rings is 2. The normalized spacial score (nSPS) is 18.1. The van der Waals surface area contributed by atoms with Crippen molar-refractivity contribution in [2.75, 3.05) is 13.7 Å². The first-order chi connectivity index (χ1) is 15.9. The summed E-state index contributed by atoms with van der Waals surface area (Å²) in [7, 11) is 1.68. The minimum Gasteiger partial charge on any atom is -0.496 e. The van der Waals surface area contributed by atoms with Crippen LogP contribution in [-0.2, 0) is 25.7 Å². The Morgan fingerprint density at radius 2 is 1.88 bits per heavy atom. The van der Waals surface area contributed by atoms with Crippen LogP contribution in [0.15, 0.2) is 47.4 Å². The number of nitro groups is 1. The van der Waals surface area contributed by atoms with Crippen LogP contribution in [0.5, 0.6) is 5.75 Å². The first-order valence-corrected chi connectivity index (χ1v) is 12.8. The third-order valence-electron chi connectivity index (χ3n) is 6.90. The molecule has 0 bridgehead atoms. The van der Waals surface area contributed by atoms with Gasteiger partial charge in [0.2, 0.25) is 6.54 Å². The van der Waals surface area contributed by atoms with E-state index in [0.717, 1.165) is 28.9 Å². The van der Waals surface area contributed by atoms with Gasteiger partial charge in [-0.15, -0.1) is 0 Å². The molecule has 0 fully saturated rings. The highest BCUT2D eigenvalue weighted by Gasteiger charge is 2.19. The molecule has 1 aliphatic heterocycles. The number of nitrogens with zero attached hydrogens (tertiary/aromatic N) is 1. The van der Waals surface area contributed by atoms with E-state index in [1.165, 1.54) is 59.3 Å². The average molecular weight is 464 g/mol. The summed E-state index contributed by atoms with van der Waals surface area (Å²) in [6.07, 6.45) is 10.0. The zero-order valence-electron chi connectivity index (χ0n) is 19.9. The van der Waals surface area contributed by atoms with Crippen molar-refractivity contribution in [2.45, 2.75) is 58.8 Å². The summed E-state index contributed by atoms with van der Waals surface area (Å²) in [4.78, 5) is 11.9. The second-order valence-corrected chi connectivity index (χ2v) is 10.2. The van der Waals surface area contributed by atoms with Crippen LogP contribution in [0, 0.1) is 23.0 Å². The topological polar surface area (TPSA) is 52.4 Å². The van der Waals surface area contributed by atoms with Crippen molar-refractivity contribution in [3.8, 4) is 5.75 Å². The Hall–Kier alpha value is -2.53. The lowest BCUT2D eigenvalue weighted by atomic mass is 9.91. The second kappa shape index (κ2) is 10.6. The van der Waals surface area contributed by atoms with Crippen molar-refractivity contribution >= 4 is 16.7 Å². The lowest BCUT2D eigenvalue weighted by molar-refractivity contribution is -0.479. The molecule has 0 N–H and O–H groups in total. The maximum Gasteiger partial charge on any atom is 0.207 e. The summed E-state index contributed by atoms with van der Waals surface area (Å²) < 4.78 is 5.66. The molecule has 0 saturated heterocycles. The van der Waals surface area contributed by atoms with E-state index in [0.29, 0.717) is 12.3 Å². The minimum atomic E-state index is -0.264. The van der Waals surface area contributed by atoms with Crippen LogP contribution < -0.4 is 4.74 Å². The van der Waals surface area contributed by atoms with Crippen molar-refractivity contribution in [3.63, 3.8) is 0 Å². The second-order valence-electron chi connectivity index (χ2n) is 9.25. The average Bonchev–Trinajstić information content (AvgIpc) is 3.04. The summed E-state index contributed by atoms with van der Waals surface area (Å²) in [5.74, 6) is 1.16. The third-order valence-corrected chi connectivity index (χ3v) is 7.95. The number of ether oxygens (including phenoxy) is 1. The standard InChI is InChI=1S/C28H33NO3S/c1-19-13-25(27(32-3)17-22(19)11-12-29(30)31)16-26-18-33-28(14-20(26)2)24-10-9-21-7-5-4-6-8-23(21)15-24/h9-10,13-15,17-18,20H,4-8,11-12,16H2,1-3H3. The van der Waals surface area contributed by atoms with Gasteiger partial charge in [0.25, 0.3) is 0 Å². The van der Waals surface area contributed by atoms with E-state index < -0.39 is 0 Å². The molecule has 0 amide bonds. The molecule has 1 heterocycles. The molecule has 4 nitrogen and oxygen atoms in total. The monoisotopic (exact) mass is 463 g/mol. The Kier molecular flexibility index (Phi) is 7.59. The predicted molar refractivity (Wildman–Crippen MR) is 138 cm³/mol. The van der Waals surface area contributed by atoms with Crippen LogP contribution in [0.1, 0.15) is 59.6 Å². The summed E-state index contributed by atoms with van der Waals surface area (Å²) >= 11 is 1.82. The lowest BCUT2D eigenvalue weighted by Crippen LogP contribution is -2.08. The van der Waals surface area contributed by atoms with Gasteiger partial charge in [0.1, 0.15) is 5.75 Å². The van der Waals surface area contributed by atoms with Gasteiger partial charge in [-0.2, -0.15) is 0 Å². The van der Waals surface area contributed by atoms with Gasteiger partial charge in [-0.05, 0) is 89.8 Å². The minimum absolute atomic E-state index is 0.0571. The van der Waals surface area contributed by atoms with Crippen LogP contribution in [0.3, 0.4) is 0 Å². The number of aryl methyl sites for hydroxylation is 3. The summed E-state index contributed by atoms with van der Waals surface area (Å²) in [6, 6.07) is 11.2. The molecule has 2 aliphatic rings. The molecule has 2 aromatic rings. The first kappa shape index (κ1) is 23.6. The molecule has 0 saturated carbocycles. The highest BCUT2D eigenvalue weighted by Crippen LogP contribution is 2.40. The maximum atomic E-state index is 10.8. The Labute approximate surface area is 201 Å². The fraction of sp³-hybridized carbons (Fsp3) is 0.429. The van der Waals surface area contributed by atoms with Crippen LogP contribution in [0.4, 0.5) is 0 Å². The number of fused-ring (bicyclic) bond motifs is 1. The first-order valence-electron chi connectivity index (χ1n) is 11.9. The molecular weight excluding hydrogens is 430 g/mol. The van der Waals surface area contributed by atoms with Gasteiger partial charge in [0.05, 0.1) is 7.11 Å². The molecule has 1 unspecified atom stereocenters. The molecule has 2 aromatic carbocycles. The van der Waals surface area contributed by atoms with Gasteiger partial charge in [0, 0.05) is 16.2 Å². The van der Waals surface area contributed by atoms with Crippen molar-refractivity contribution < 1.29 is 9.66 Å². The predicted octanol–water partition coefficient (Wildman–Crippen LogP) is 6.94. The van der Waals surface area contributed by atoms with E-state index >= 15 is 0 Å². The van der Waals surface area contributed by atoms with E-state index in [4.69, 9.17) is 4.74 Å². The number of methoxy groups -OCH3 is 1. The fourth-order valence-corrected chi connectivity index (χ4v) is 5.99. The van der Waals surface area contributed by atoms with Crippen LogP contribution >= 0.6 is 11.8 Å². The van der Waals surface area contributed by atoms with Gasteiger partial charge in [-0.25, -0.2) is 0 Å². The summed E-state index contributed by atoms with van der Waals surface area (Å²) in [5.41, 5.74) is 8.99. The van der Waals surface area contributed by atoms with E-state index in [9.17, 15) is 10.1 Å². The molecule has 1 aliphatic carbocycles. The summed E-state index contributed by atoms with van der Waals surface area (Å²) in [5, 5.41) is 13.1. The molecule has 0 aromatic heterocycles. The van der Waals surface area contributed by atoms with Crippen molar-refractivity contribution in [1.82, 2.24) is 0 Å². The van der Waals surface area contributed by atoms with E-state index in [1.54, 1.807) is 7.11 Å². The zero-order chi connectivity index (χ0) is 23.4. The maximum absolute atomic E-state index is 10.8. The molecule has 4 rings (SSSR count). The molecule has 174 valence electrons. The van der Waals surface area contributed by atoms with Crippen LogP contribution in [-0.4, -0.2) is 18.6 Å². The number of thioether (sulfide) groups is 1. The molecule has 33 heavy (non-hydrogen) atoms. The Morgan fingerprint density at radius 1 is 1.09 bits per heavy atom. The number of rotatable bonds is 7. The smallest absolute Gasteiger partial charge is 0.207 e. The number of allylic oxidation sites excluding steroid dienone is 2. The molecule has 5 heteroatoms. The van der Waals surface area contributed by atoms with Crippen LogP contribution in [0.25, 0.3) is 4.91 Å². The van der Waals surface area contributed by atoms with Gasteiger partial charge < -0.3 is 4.74 Å². The third kappa shape index (κ3) is 5.70. The van der Waals surface area contributed by atoms with Crippen molar-refractivity contribution in [2.24, 2.45) is 5.92 Å². The molecule has 1 atom stereocenters. The van der Waals surface area contributed by atoms with Gasteiger partial charge in [-0.1, -0.05) is 61.0 Å². The highest BCUT2D eigenvalue weighted by atomic mass is 32.2. The van der Waals surface area contributed by atoms with Gasteiger partial charge in [0.15, 0.2) is 0 Å². The largest absolute Gasteiger partial charge is 0.496 e. The lowest BCUT2D eigenvalue weighted by Gasteiger charge is -2.22. The molecule has 0 spiro atoms. The number of hydrogen-bond donors (Lipinski definition) is 0. The van der Waals surface area contributed by atoms with E-state index in [-0.39, 0.29) is 11.5 Å². The van der Waals surface area contributed by atoms with E-state index in [1.807, 2.05) is 24.8 Å². The quantitative estimate of drug-likeness (QED) is 0.253. The van der Waals surface area contributed by atoms with Gasteiger partial charge in [-0.3, -0.25) is 10.1 Å². The Balaban J connectivity index is 1.50. The Bertz CT molecular complexity index is 1100. The highest BCUT2D eigenvalue weighted by molar-refractivity contribution is 8.11. The fourth-order valence-electron chi connectivity index (χ4n) is 4.87. The van der Waals surface area contributed by atoms with Crippen LogP contribution in [0.2, 0.25) is 0 Å². The van der Waals surface area contributed by atoms with Crippen molar-refractivity contribution in [1.29, 1.82) is 0 Å². The zero-order valence-corrected chi connectivity index (χ0v) is 20.7. The number of hydrogen-bond acceptors (Lipinski definition) is 4. The van der Waals surface area contributed by atoms with Crippen molar-refractivity contribution in [3.05, 3.63) is 90.9 Å². The summed E-state index contributed by atoms with van der Waals surface area (Å²) in [6.45, 7) is 4.24. The molecular formula is C28H33NO3S.